The third-order valence-electron chi connectivity index (χ3n) is 7.45. The quantitative estimate of drug-likeness (QED) is 0.103. The van der Waals surface area contributed by atoms with Crippen molar-refractivity contribution in [2.45, 2.75) is 38.7 Å². The molecule has 4 aromatic carbocycles. The maximum absolute atomic E-state index is 15.1. The second-order valence-corrected chi connectivity index (χ2v) is 10.8. The van der Waals surface area contributed by atoms with Gasteiger partial charge in [-0.3, -0.25) is 0 Å². The highest BCUT2D eigenvalue weighted by molar-refractivity contribution is 5.70. The molecular formula is C36H25F9N2O. The molecule has 3 nitrogen and oxygen atoms in total. The molecule has 0 aliphatic heterocycles. The van der Waals surface area contributed by atoms with E-state index in [2.05, 4.69) is 21.6 Å². The number of hydrogen-bond acceptors (Lipinski definition) is 3. The monoisotopic (exact) mass is 672 g/mol. The summed E-state index contributed by atoms with van der Waals surface area (Å²) in [6.07, 6.45) is 2.91. The smallest absolute Gasteiger partial charge is 0.429 e. The van der Waals surface area contributed by atoms with Gasteiger partial charge < -0.3 is 4.74 Å². The van der Waals surface area contributed by atoms with Crippen LogP contribution in [0.1, 0.15) is 42.9 Å². The lowest BCUT2D eigenvalue weighted by molar-refractivity contribution is -0.189. The number of rotatable bonds is 11. The molecule has 1 heterocycles. The summed E-state index contributed by atoms with van der Waals surface area (Å²) in [5.74, 6) is -8.81. The number of alkyl halides is 2. The van der Waals surface area contributed by atoms with Crippen molar-refractivity contribution in [2.24, 2.45) is 0 Å². The number of nitrogens with zero attached hydrogens (tertiary/aromatic N) is 2. The molecular weight excluding hydrogens is 647 g/mol. The first-order valence-electron chi connectivity index (χ1n) is 14.6. The van der Waals surface area contributed by atoms with Gasteiger partial charge in [0, 0.05) is 40.7 Å². The molecule has 0 bridgehead atoms. The summed E-state index contributed by atoms with van der Waals surface area (Å²) in [5, 5.41) is 0. The van der Waals surface area contributed by atoms with E-state index >= 15 is 22.0 Å². The van der Waals surface area contributed by atoms with Gasteiger partial charge in [0.2, 0.25) is 0 Å². The third-order valence-corrected chi connectivity index (χ3v) is 7.45. The summed E-state index contributed by atoms with van der Waals surface area (Å²) in [6.45, 7) is 2.08. The molecule has 0 aliphatic carbocycles. The Kier molecular flexibility index (Phi) is 10.2. The minimum absolute atomic E-state index is 0.0892. The Balaban J connectivity index is 1.36. The zero-order chi connectivity index (χ0) is 34.6. The summed E-state index contributed by atoms with van der Waals surface area (Å²) >= 11 is 0. The Labute approximate surface area is 269 Å². The largest absolute Gasteiger partial charge is 0.432 e. The average molecular weight is 673 g/mol. The van der Waals surface area contributed by atoms with Crippen molar-refractivity contribution in [1.82, 2.24) is 9.97 Å². The van der Waals surface area contributed by atoms with Gasteiger partial charge in [0.15, 0.2) is 5.82 Å². The molecule has 5 aromatic rings. The molecule has 0 atom stereocenters. The average Bonchev–Trinajstić information content (AvgIpc) is 3.02. The van der Waals surface area contributed by atoms with Gasteiger partial charge in [0.25, 0.3) is 0 Å². The van der Waals surface area contributed by atoms with Crippen molar-refractivity contribution in [1.29, 1.82) is 0 Å². The minimum Gasteiger partial charge on any atom is -0.429 e. The predicted octanol–water partition coefficient (Wildman–Crippen LogP) is 11.1. The SMILES string of the molecule is CCCCCc1cnc(-c2ccc(-c3cc(F)c(C(F)(F)Oc4ccc(-c5cc(F)c(/C=C/F)c(F)c5)c(F)c4)c(F)c3)c(F)c2)nc1. The van der Waals surface area contributed by atoms with Crippen LogP contribution in [-0.2, 0) is 12.5 Å². The van der Waals surface area contributed by atoms with Crippen LogP contribution in [0.15, 0.2) is 79.4 Å². The van der Waals surface area contributed by atoms with Gasteiger partial charge in [0.1, 0.15) is 46.2 Å². The lowest BCUT2D eigenvalue weighted by atomic mass is 10.00. The van der Waals surface area contributed by atoms with Gasteiger partial charge in [-0.05, 0) is 78.1 Å². The standard InChI is InChI=1S/C36H25F9N2O/c1-2-3-4-5-20-18-46-35(47-19-20)21-6-8-25(28(38)12-21)23-15-32(42)34(33(43)16-23)36(44,45)48-24-7-9-26(31(41)17-24)22-13-29(39)27(10-11-37)30(40)14-22/h6-19H,2-5H2,1H3/b11-10+. The molecule has 0 radical (unpaired) electrons. The minimum atomic E-state index is -4.68. The van der Waals surface area contributed by atoms with Gasteiger partial charge in [-0.1, -0.05) is 31.9 Å². The summed E-state index contributed by atoms with van der Waals surface area (Å²) in [4.78, 5) is 8.50. The first kappa shape index (κ1) is 34.2. The van der Waals surface area contributed by atoms with Gasteiger partial charge in [-0.25, -0.2) is 40.7 Å². The van der Waals surface area contributed by atoms with Crippen LogP contribution in [0.5, 0.6) is 5.75 Å². The molecule has 0 saturated carbocycles. The van der Waals surface area contributed by atoms with Gasteiger partial charge in [-0.2, -0.15) is 8.78 Å². The summed E-state index contributed by atoms with van der Waals surface area (Å²) < 4.78 is 135. The van der Waals surface area contributed by atoms with Crippen LogP contribution in [0, 0.1) is 34.9 Å². The van der Waals surface area contributed by atoms with Crippen LogP contribution in [-0.4, -0.2) is 9.97 Å². The zero-order valence-electron chi connectivity index (χ0n) is 25.1. The number of aromatic nitrogens is 2. The maximum Gasteiger partial charge on any atom is 0.432 e. The Morgan fingerprint density at radius 1 is 0.667 bits per heavy atom. The number of unbranched alkanes of at least 4 members (excludes halogenated alkanes) is 2. The number of aryl methyl sites for hydroxylation is 1. The highest BCUT2D eigenvalue weighted by Crippen LogP contribution is 2.39. The first-order valence-corrected chi connectivity index (χ1v) is 14.6. The maximum atomic E-state index is 15.1. The molecule has 0 spiro atoms. The van der Waals surface area contributed by atoms with Crippen molar-refractivity contribution >= 4 is 6.08 Å². The van der Waals surface area contributed by atoms with Crippen molar-refractivity contribution < 1.29 is 44.3 Å². The van der Waals surface area contributed by atoms with Gasteiger partial charge in [-0.15, -0.1) is 0 Å². The highest BCUT2D eigenvalue weighted by atomic mass is 19.3. The Morgan fingerprint density at radius 2 is 1.21 bits per heavy atom. The molecule has 5 rings (SSSR count). The van der Waals surface area contributed by atoms with E-state index in [0.717, 1.165) is 49.4 Å². The fourth-order valence-corrected chi connectivity index (χ4v) is 5.06. The van der Waals surface area contributed by atoms with E-state index < -0.39 is 63.5 Å². The van der Waals surface area contributed by atoms with Crippen LogP contribution in [0.25, 0.3) is 39.7 Å². The summed E-state index contributed by atoms with van der Waals surface area (Å²) in [5.41, 5.74) is -2.78. The second-order valence-electron chi connectivity index (χ2n) is 10.8. The number of benzene rings is 4. The fraction of sp³-hybridized carbons (Fsp3) is 0.167. The Bertz CT molecular complexity index is 1930. The second kappa shape index (κ2) is 14.3. The third kappa shape index (κ3) is 7.37. The van der Waals surface area contributed by atoms with Crippen LogP contribution in [0.4, 0.5) is 39.5 Å². The molecule has 0 unspecified atom stereocenters. The van der Waals surface area contributed by atoms with E-state index in [4.69, 9.17) is 0 Å². The Morgan fingerprint density at radius 3 is 1.75 bits per heavy atom. The van der Waals surface area contributed by atoms with Crippen molar-refractivity contribution in [2.75, 3.05) is 0 Å². The number of hydrogen-bond donors (Lipinski definition) is 0. The van der Waals surface area contributed by atoms with E-state index in [-0.39, 0.29) is 34.4 Å². The molecule has 0 aliphatic rings. The molecule has 1 aromatic heterocycles. The molecule has 0 saturated heterocycles. The van der Waals surface area contributed by atoms with Crippen molar-refractivity contribution in [3.05, 3.63) is 131 Å². The van der Waals surface area contributed by atoms with Crippen LogP contribution in [0.2, 0.25) is 0 Å². The Hall–Kier alpha value is -5.13. The van der Waals surface area contributed by atoms with Crippen molar-refractivity contribution in [3.8, 4) is 39.4 Å². The van der Waals surface area contributed by atoms with E-state index in [0.29, 0.717) is 36.4 Å². The lowest BCUT2D eigenvalue weighted by Crippen LogP contribution is -2.25. The molecule has 0 N–H and O–H groups in total. The lowest BCUT2D eigenvalue weighted by Gasteiger charge is -2.20. The molecule has 0 amide bonds. The summed E-state index contributed by atoms with van der Waals surface area (Å²) in [6, 6.07) is 8.18. The van der Waals surface area contributed by atoms with E-state index in [9.17, 15) is 17.6 Å². The normalized spacial score (nSPS) is 11.8. The molecule has 248 valence electrons. The fourth-order valence-electron chi connectivity index (χ4n) is 5.06. The van der Waals surface area contributed by atoms with Crippen LogP contribution >= 0.6 is 0 Å². The zero-order valence-corrected chi connectivity index (χ0v) is 25.1. The number of halogens is 9. The van der Waals surface area contributed by atoms with E-state index in [1.54, 1.807) is 12.4 Å². The topological polar surface area (TPSA) is 35.0 Å². The molecule has 0 fully saturated rings. The summed E-state index contributed by atoms with van der Waals surface area (Å²) in [7, 11) is 0. The van der Waals surface area contributed by atoms with Gasteiger partial charge >= 0.3 is 6.11 Å². The van der Waals surface area contributed by atoms with Crippen LogP contribution in [0.3, 0.4) is 0 Å². The predicted molar refractivity (Wildman–Crippen MR) is 162 cm³/mol. The van der Waals surface area contributed by atoms with Crippen molar-refractivity contribution in [3.63, 3.8) is 0 Å². The van der Waals surface area contributed by atoms with Gasteiger partial charge in [0.05, 0.1) is 6.33 Å². The molecule has 12 heteroatoms. The van der Waals surface area contributed by atoms with Crippen LogP contribution < -0.4 is 4.74 Å². The number of ether oxygens (including phenoxy) is 1. The highest BCUT2D eigenvalue weighted by Gasteiger charge is 2.41. The first-order chi connectivity index (χ1) is 22.9. The van der Waals surface area contributed by atoms with E-state index in [1.807, 2.05) is 0 Å². The molecule has 48 heavy (non-hydrogen) atoms. The van der Waals surface area contributed by atoms with E-state index in [1.165, 1.54) is 12.1 Å².